The summed E-state index contributed by atoms with van der Waals surface area (Å²) in [6, 6.07) is 5.16. The SMILES string of the molecule is O=S(=O)(c1ccc(CCO)cc1Br)C1CC1. The molecule has 16 heavy (non-hydrogen) atoms. The van der Waals surface area contributed by atoms with Crippen LogP contribution in [0.15, 0.2) is 27.6 Å². The standard InChI is InChI=1S/C11H13BrO3S/c12-10-7-8(5-6-13)1-4-11(10)16(14,15)9-2-3-9/h1,4,7,9,13H,2-3,5-6H2. The molecule has 1 aromatic carbocycles. The van der Waals surface area contributed by atoms with Gasteiger partial charge in [0.25, 0.3) is 0 Å². The molecule has 0 bridgehead atoms. The first-order valence-corrected chi connectivity index (χ1v) is 7.53. The second-order valence-corrected chi connectivity index (χ2v) is 7.03. The Bertz CT molecular complexity index is 492. The first-order valence-electron chi connectivity index (χ1n) is 5.19. The molecule has 0 aliphatic heterocycles. The summed E-state index contributed by atoms with van der Waals surface area (Å²) in [5.74, 6) is 0. The fourth-order valence-electron chi connectivity index (χ4n) is 1.62. The van der Waals surface area contributed by atoms with Gasteiger partial charge < -0.3 is 5.11 Å². The lowest BCUT2D eigenvalue weighted by Crippen LogP contribution is -2.08. The third-order valence-corrected chi connectivity index (χ3v) is 5.90. The van der Waals surface area contributed by atoms with Crippen LogP contribution in [0.4, 0.5) is 0 Å². The van der Waals surface area contributed by atoms with Gasteiger partial charge in [-0.3, -0.25) is 0 Å². The van der Waals surface area contributed by atoms with Crippen LogP contribution in [0.3, 0.4) is 0 Å². The van der Waals surface area contributed by atoms with Gasteiger partial charge in [0.15, 0.2) is 9.84 Å². The van der Waals surface area contributed by atoms with Gasteiger partial charge in [0.2, 0.25) is 0 Å². The van der Waals surface area contributed by atoms with Gasteiger partial charge in [0.1, 0.15) is 0 Å². The van der Waals surface area contributed by atoms with Crippen molar-refractivity contribution in [1.82, 2.24) is 0 Å². The lowest BCUT2D eigenvalue weighted by Gasteiger charge is -2.07. The minimum absolute atomic E-state index is 0.0706. The molecule has 0 amide bonds. The molecule has 3 nitrogen and oxygen atoms in total. The van der Waals surface area contributed by atoms with Gasteiger partial charge in [-0.25, -0.2) is 8.42 Å². The third kappa shape index (κ3) is 2.31. The van der Waals surface area contributed by atoms with Gasteiger partial charge in [-0.1, -0.05) is 6.07 Å². The quantitative estimate of drug-likeness (QED) is 0.924. The first kappa shape index (κ1) is 12.1. The van der Waals surface area contributed by atoms with Crippen LogP contribution in [-0.2, 0) is 16.3 Å². The van der Waals surface area contributed by atoms with E-state index in [-0.39, 0.29) is 11.9 Å². The van der Waals surface area contributed by atoms with Crippen molar-refractivity contribution in [1.29, 1.82) is 0 Å². The molecular weight excluding hydrogens is 292 g/mol. The Labute approximate surface area is 104 Å². The molecule has 5 heteroatoms. The van der Waals surface area contributed by atoms with Crippen LogP contribution in [0.1, 0.15) is 18.4 Å². The van der Waals surface area contributed by atoms with Crippen LogP contribution >= 0.6 is 15.9 Å². The fraction of sp³-hybridized carbons (Fsp3) is 0.455. The summed E-state index contributed by atoms with van der Waals surface area (Å²) in [4.78, 5) is 0.372. The second kappa shape index (κ2) is 4.47. The Morgan fingerprint density at radius 2 is 2.06 bits per heavy atom. The summed E-state index contributed by atoms with van der Waals surface area (Å²) in [5, 5.41) is 8.62. The van der Waals surface area contributed by atoms with Gasteiger partial charge >= 0.3 is 0 Å². The number of hydrogen-bond donors (Lipinski definition) is 1. The molecule has 0 unspecified atom stereocenters. The fourth-order valence-corrected chi connectivity index (χ4v) is 4.42. The van der Waals surface area contributed by atoms with Gasteiger partial charge in [0, 0.05) is 11.1 Å². The Balaban J connectivity index is 2.36. The molecule has 0 radical (unpaired) electrons. The highest BCUT2D eigenvalue weighted by atomic mass is 79.9. The Morgan fingerprint density at radius 3 is 2.56 bits per heavy atom. The summed E-state index contributed by atoms with van der Waals surface area (Å²) in [5.41, 5.74) is 0.934. The lowest BCUT2D eigenvalue weighted by molar-refractivity contribution is 0.299. The zero-order valence-corrected chi connectivity index (χ0v) is 11.1. The number of halogens is 1. The normalized spacial score (nSPS) is 16.4. The smallest absolute Gasteiger partial charge is 0.182 e. The summed E-state index contributed by atoms with van der Waals surface area (Å²) in [6.45, 7) is 0.0706. The highest BCUT2D eigenvalue weighted by Gasteiger charge is 2.37. The maximum absolute atomic E-state index is 12.0. The van der Waals surface area contributed by atoms with Gasteiger partial charge in [-0.05, 0) is 52.9 Å². The van der Waals surface area contributed by atoms with E-state index >= 15 is 0 Å². The second-order valence-electron chi connectivity index (χ2n) is 3.98. The molecule has 1 fully saturated rings. The zero-order valence-electron chi connectivity index (χ0n) is 8.69. The molecular formula is C11H13BrO3S. The van der Waals surface area contributed by atoms with E-state index in [0.717, 1.165) is 18.4 Å². The largest absolute Gasteiger partial charge is 0.396 e. The Hall–Kier alpha value is -0.390. The van der Waals surface area contributed by atoms with Crippen molar-refractivity contribution in [2.75, 3.05) is 6.61 Å². The van der Waals surface area contributed by atoms with Crippen molar-refractivity contribution < 1.29 is 13.5 Å². The molecule has 1 aliphatic carbocycles. The monoisotopic (exact) mass is 304 g/mol. The molecule has 1 N–H and O–H groups in total. The van der Waals surface area contributed by atoms with E-state index in [9.17, 15) is 8.42 Å². The van der Waals surface area contributed by atoms with Crippen molar-refractivity contribution >= 4 is 25.8 Å². The molecule has 0 saturated heterocycles. The number of rotatable bonds is 4. The van der Waals surface area contributed by atoms with Crippen LogP contribution < -0.4 is 0 Å². The van der Waals surface area contributed by atoms with Crippen molar-refractivity contribution in [3.8, 4) is 0 Å². The van der Waals surface area contributed by atoms with Gasteiger partial charge in [-0.15, -0.1) is 0 Å². The minimum atomic E-state index is -3.14. The predicted molar refractivity (Wildman–Crippen MR) is 65.1 cm³/mol. The Kier molecular flexibility index (Phi) is 3.37. The summed E-state index contributed by atoms with van der Waals surface area (Å²) in [6.07, 6.45) is 2.09. The van der Waals surface area contributed by atoms with Crippen LogP contribution in [0.2, 0.25) is 0 Å². The molecule has 0 spiro atoms. The average Bonchev–Trinajstić information content (AvgIpc) is 3.00. The topological polar surface area (TPSA) is 54.4 Å². The van der Waals surface area contributed by atoms with Crippen molar-refractivity contribution in [2.24, 2.45) is 0 Å². The van der Waals surface area contributed by atoms with Gasteiger partial charge in [0.05, 0.1) is 10.1 Å². The molecule has 2 rings (SSSR count). The van der Waals surface area contributed by atoms with E-state index in [0.29, 0.717) is 15.8 Å². The summed E-state index contributed by atoms with van der Waals surface area (Å²) >= 11 is 3.29. The number of hydrogen-bond acceptors (Lipinski definition) is 3. The third-order valence-electron chi connectivity index (χ3n) is 2.67. The van der Waals surface area contributed by atoms with E-state index in [4.69, 9.17) is 5.11 Å². The van der Waals surface area contributed by atoms with Gasteiger partial charge in [-0.2, -0.15) is 0 Å². The summed E-state index contributed by atoms with van der Waals surface area (Å²) < 4.78 is 24.6. The highest BCUT2D eigenvalue weighted by Crippen LogP contribution is 2.36. The maximum Gasteiger partial charge on any atom is 0.182 e. The highest BCUT2D eigenvalue weighted by molar-refractivity contribution is 9.10. The molecule has 88 valence electrons. The summed E-state index contributed by atoms with van der Waals surface area (Å²) in [7, 11) is -3.14. The van der Waals surface area contributed by atoms with Crippen molar-refractivity contribution in [2.45, 2.75) is 29.4 Å². The molecule has 0 aromatic heterocycles. The molecule has 1 aromatic rings. The molecule has 1 aliphatic rings. The van der Waals surface area contributed by atoms with E-state index in [1.807, 2.05) is 0 Å². The first-order chi connectivity index (χ1) is 7.55. The van der Waals surface area contributed by atoms with E-state index in [2.05, 4.69) is 15.9 Å². The number of benzene rings is 1. The number of aliphatic hydroxyl groups excluding tert-OH is 1. The van der Waals surface area contributed by atoms with E-state index in [1.54, 1.807) is 18.2 Å². The van der Waals surface area contributed by atoms with Crippen molar-refractivity contribution in [3.63, 3.8) is 0 Å². The van der Waals surface area contributed by atoms with Crippen LogP contribution in [0, 0.1) is 0 Å². The molecule has 0 atom stereocenters. The van der Waals surface area contributed by atoms with Crippen LogP contribution in [0.5, 0.6) is 0 Å². The Morgan fingerprint density at radius 1 is 1.38 bits per heavy atom. The van der Waals surface area contributed by atoms with Crippen LogP contribution in [-0.4, -0.2) is 25.4 Å². The number of aliphatic hydroxyl groups is 1. The number of sulfone groups is 1. The predicted octanol–water partition coefficient (Wildman–Crippen LogP) is 1.92. The molecule has 1 saturated carbocycles. The van der Waals surface area contributed by atoms with Crippen molar-refractivity contribution in [3.05, 3.63) is 28.2 Å². The molecule has 0 heterocycles. The van der Waals surface area contributed by atoms with E-state index < -0.39 is 9.84 Å². The minimum Gasteiger partial charge on any atom is -0.396 e. The maximum atomic E-state index is 12.0. The zero-order chi connectivity index (χ0) is 11.8. The van der Waals surface area contributed by atoms with E-state index in [1.165, 1.54) is 0 Å². The lowest BCUT2D eigenvalue weighted by atomic mass is 10.2. The van der Waals surface area contributed by atoms with Crippen LogP contribution in [0.25, 0.3) is 0 Å². The average molecular weight is 305 g/mol.